The molecule has 1 N–H and O–H groups in total. The topological polar surface area (TPSA) is 24.9 Å². The van der Waals surface area contributed by atoms with Crippen LogP contribution in [0.15, 0.2) is 37.1 Å². The molecule has 0 saturated carbocycles. The molecule has 0 radical (unpaired) electrons. The van der Waals surface area contributed by atoms with Gasteiger partial charge in [-0.3, -0.25) is 4.98 Å². The van der Waals surface area contributed by atoms with E-state index in [0.29, 0.717) is 11.5 Å². The van der Waals surface area contributed by atoms with Crippen molar-refractivity contribution in [2.24, 2.45) is 11.8 Å². The van der Waals surface area contributed by atoms with Crippen molar-refractivity contribution in [3.63, 3.8) is 0 Å². The number of pyridine rings is 1. The molecule has 3 rings (SSSR count). The fourth-order valence-corrected chi connectivity index (χ4v) is 5.27. The monoisotopic (exact) mass is 422 g/mol. The van der Waals surface area contributed by atoms with Crippen LogP contribution in [0.25, 0.3) is 16.5 Å². The average Bonchev–Trinajstić information content (AvgIpc) is 2.76. The summed E-state index contributed by atoms with van der Waals surface area (Å²) in [6.45, 7) is 17.4. The summed E-state index contributed by atoms with van der Waals surface area (Å²) in [6.07, 6.45) is 7.94. The second kappa shape index (κ2) is 10.4. The third-order valence-corrected chi connectivity index (χ3v) is 7.05. The Hall–Kier alpha value is -2.16. The molecule has 0 spiro atoms. The fraction of sp³-hybridized carbons (Fsp3) is 0.536. The number of nitrogens with zero attached hydrogens (tertiary/aromatic N) is 1. The Balaban J connectivity index is 1.94. The Kier molecular flexibility index (Phi) is 7.91. The van der Waals surface area contributed by atoms with Gasteiger partial charge < -0.3 is 5.32 Å². The maximum Gasteiger partial charge on any atom is 0.124 e. The molecule has 2 aromatic rings. The number of aromatic nitrogens is 1. The van der Waals surface area contributed by atoms with Gasteiger partial charge in [0.15, 0.2) is 0 Å². The van der Waals surface area contributed by atoms with E-state index < -0.39 is 6.17 Å². The van der Waals surface area contributed by atoms with Crippen LogP contribution in [0.3, 0.4) is 0 Å². The highest BCUT2D eigenvalue weighted by Gasteiger charge is 2.28. The van der Waals surface area contributed by atoms with Gasteiger partial charge >= 0.3 is 0 Å². The maximum atomic E-state index is 14.9. The van der Waals surface area contributed by atoms with Crippen molar-refractivity contribution in [3.8, 4) is 0 Å². The number of allylic oxidation sites excluding steroid dienone is 1. The van der Waals surface area contributed by atoms with Gasteiger partial charge in [-0.1, -0.05) is 46.8 Å². The molecule has 31 heavy (non-hydrogen) atoms. The zero-order valence-corrected chi connectivity index (χ0v) is 19.9. The van der Waals surface area contributed by atoms with Gasteiger partial charge in [0.05, 0.1) is 0 Å². The van der Waals surface area contributed by atoms with Gasteiger partial charge in [0, 0.05) is 35.1 Å². The lowest BCUT2D eigenvalue weighted by molar-refractivity contribution is 0.170. The summed E-state index contributed by atoms with van der Waals surface area (Å²) in [5, 5.41) is 5.96. The third kappa shape index (κ3) is 5.02. The molecule has 1 aliphatic heterocycles. The lowest BCUT2D eigenvalue weighted by atomic mass is 9.78. The van der Waals surface area contributed by atoms with Crippen LogP contribution in [-0.2, 0) is 19.3 Å². The van der Waals surface area contributed by atoms with Crippen molar-refractivity contribution in [1.29, 1.82) is 0 Å². The van der Waals surface area contributed by atoms with Gasteiger partial charge in [0.1, 0.15) is 6.17 Å². The molecule has 168 valence electrons. The van der Waals surface area contributed by atoms with Crippen molar-refractivity contribution >= 4 is 16.5 Å². The van der Waals surface area contributed by atoms with Gasteiger partial charge in [-0.15, -0.1) is 0 Å². The van der Waals surface area contributed by atoms with Crippen LogP contribution in [0.2, 0.25) is 0 Å². The minimum Gasteiger partial charge on any atom is -0.385 e. The number of rotatable bonds is 10. The number of halogens is 1. The first-order valence-corrected chi connectivity index (χ1v) is 12.1. The maximum absolute atomic E-state index is 14.9. The van der Waals surface area contributed by atoms with E-state index in [0.717, 1.165) is 62.9 Å². The molecule has 3 unspecified atom stereocenters. The van der Waals surface area contributed by atoms with Crippen LogP contribution in [-0.4, -0.2) is 17.7 Å². The molecule has 1 aromatic heterocycles. The molecule has 0 fully saturated rings. The molecule has 0 aliphatic carbocycles. The standard InChI is InChI=1S/C28H39FN2/c1-7-10-21(23(9-3)28(29)18(4)5)11-12-27-26-15-22-13-14-30-19(6)24(22)16-25(26)20(8-2)17-31-27/h15-17,21,23,28,30H,4,6-14H2,1-3,5H3. The molecule has 0 amide bonds. The van der Waals surface area contributed by atoms with Crippen LogP contribution in [0.5, 0.6) is 0 Å². The van der Waals surface area contributed by atoms with Crippen molar-refractivity contribution in [3.05, 3.63) is 59.4 Å². The predicted octanol–water partition coefficient (Wildman–Crippen LogP) is 7.20. The smallest absolute Gasteiger partial charge is 0.124 e. The van der Waals surface area contributed by atoms with E-state index in [1.165, 1.54) is 27.5 Å². The average molecular weight is 423 g/mol. The molecule has 3 heteroatoms. The summed E-state index contributed by atoms with van der Waals surface area (Å²) in [7, 11) is 0. The Bertz CT molecular complexity index is 946. The number of hydrogen-bond donors (Lipinski definition) is 1. The van der Waals surface area contributed by atoms with Crippen molar-refractivity contribution in [2.75, 3.05) is 6.54 Å². The van der Waals surface area contributed by atoms with Crippen molar-refractivity contribution in [1.82, 2.24) is 10.3 Å². The molecular formula is C28H39FN2. The van der Waals surface area contributed by atoms with E-state index in [-0.39, 0.29) is 5.92 Å². The summed E-state index contributed by atoms with van der Waals surface area (Å²) >= 11 is 0. The largest absolute Gasteiger partial charge is 0.385 e. The first-order valence-electron chi connectivity index (χ1n) is 12.1. The van der Waals surface area contributed by atoms with Crippen LogP contribution >= 0.6 is 0 Å². The number of fused-ring (bicyclic) bond motifs is 2. The Labute approximate surface area is 188 Å². The van der Waals surface area contributed by atoms with Gasteiger partial charge in [-0.2, -0.15) is 0 Å². The summed E-state index contributed by atoms with van der Waals surface area (Å²) in [5.74, 6) is 0.395. The highest BCUT2D eigenvalue weighted by Crippen LogP contribution is 2.35. The van der Waals surface area contributed by atoms with E-state index >= 15 is 0 Å². The molecule has 3 atom stereocenters. The molecule has 1 aliphatic rings. The van der Waals surface area contributed by atoms with Gasteiger partial charge in [-0.25, -0.2) is 4.39 Å². The highest BCUT2D eigenvalue weighted by molar-refractivity contribution is 5.91. The van der Waals surface area contributed by atoms with Crippen molar-refractivity contribution < 1.29 is 4.39 Å². The van der Waals surface area contributed by atoms with Crippen LogP contribution < -0.4 is 5.32 Å². The third-order valence-electron chi connectivity index (χ3n) is 7.05. The summed E-state index contributed by atoms with van der Waals surface area (Å²) < 4.78 is 14.9. The quantitative estimate of drug-likeness (QED) is 0.409. The van der Waals surface area contributed by atoms with E-state index in [1.54, 1.807) is 0 Å². The summed E-state index contributed by atoms with van der Waals surface area (Å²) in [5.41, 5.74) is 6.70. The zero-order valence-electron chi connectivity index (χ0n) is 19.9. The zero-order chi connectivity index (χ0) is 22.5. The predicted molar refractivity (Wildman–Crippen MR) is 132 cm³/mol. The number of hydrogen-bond acceptors (Lipinski definition) is 2. The second-order valence-electron chi connectivity index (χ2n) is 9.20. The molecule has 2 nitrogen and oxygen atoms in total. The first kappa shape index (κ1) is 23.5. The van der Waals surface area contributed by atoms with E-state index in [1.807, 2.05) is 13.1 Å². The minimum atomic E-state index is -0.917. The lowest BCUT2D eigenvalue weighted by Crippen LogP contribution is -2.26. The Morgan fingerprint density at radius 3 is 2.61 bits per heavy atom. The van der Waals surface area contributed by atoms with Crippen LogP contribution in [0, 0.1) is 11.8 Å². The van der Waals surface area contributed by atoms with Gasteiger partial charge in [0.2, 0.25) is 0 Å². The van der Waals surface area contributed by atoms with Crippen LogP contribution in [0.4, 0.5) is 4.39 Å². The number of nitrogens with one attached hydrogen (secondary N) is 1. The normalized spacial score (nSPS) is 16.5. The van der Waals surface area contributed by atoms with Crippen LogP contribution in [0.1, 0.15) is 75.8 Å². The Morgan fingerprint density at radius 1 is 1.19 bits per heavy atom. The first-order chi connectivity index (χ1) is 14.9. The number of aryl methyl sites for hydroxylation is 2. The van der Waals surface area contributed by atoms with Gasteiger partial charge in [-0.05, 0) is 85.1 Å². The molecule has 1 aromatic carbocycles. The SMILES string of the molecule is C=C1NCCc2cc3c(CCC(CCC)C(CC)C(F)C(=C)C)ncc(CC)c3cc21. The second-order valence-corrected chi connectivity index (χ2v) is 9.20. The molecule has 0 bridgehead atoms. The van der Waals surface area contributed by atoms with E-state index in [9.17, 15) is 4.39 Å². The number of benzene rings is 1. The highest BCUT2D eigenvalue weighted by atomic mass is 19.1. The minimum absolute atomic E-state index is 0.0424. The molecule has 0 saturated heterocycles. The van der Waals surface area contributed by atoms with Crippen molar-refractivity contribution in [2.45, 2.75) is 78.8 Å². The molecular weight excluding hydrogens is 383 g/mol. The molecule has 2 heterocycles. The summed E-state index contributed by atoms with van der Waals surface area (Å²) in [6, 6.07) is 4.65. The summed E-state index contributed by atoms with van der Waals surface area (Å²) in [4.78, 5) is 4.89. The van der Waals surface area contributed by atoms with Gasteiger partial charge in [0.25, 0.3) is 0 Å². The lowest BCUT2D eigenvalue weighted by Gasteiger charge is -2.29. The fourth-order valence-electron chi connectivity index (χ4n) is 5.27. The van der Waals surface area contributed by atoms with E-state index in [4.69, 9.17) is 4.98 Å². The van der Waals surface area contributed by atoms with E-state index in [2.05, 4.69) is 51.4 Å². The Morgan fingerprint density at radius 2 is 1.97 bits per heavy atom. The number of alkyl halides is 1.